The maximum atomic E-state index is 4.13. The van der Waals surface area contributed by atoms with Crippen LogP contribution in [-0.2, 0) is 6.42 Å². The number of piperazine rings is 1. The van der Waals surface area contributed by atoms with Crippen LogP contribution in [0.5, 0.6) is 0 Å². The second-order valence-corrected chi connectivity index (χ2v) is 4.27. The molecule has 1 N–H and O–H groups in total. The maximum Gasteiger partial charge on any atom is 0.0300 e. The van der Waals surface area contributed by atoms with Gasteiger partial charge in [-0.05, 0) is 25.0 Å². The van der Waals surface area contributed by atoms with Gasteiger partial charge in [-0.3, -0.25) is 4.98 Å². The first-order chi connectivity index (χ1) is 7.34. The Morgan fingerprint density at radius 1 is 1.56 bits per heavy atom. The molecule has 2 heterocycles. The minimum absolute atomic E-state index is 0. The summed E-state index contributed by atoms with van der Waals surface area (Å²) >= 11 is 0. The van der Waals surface area contributed by atoms with Crippen molar-refractivity contribution in [2.45, 2.75) is 19.4 Å². The lowest BCUT2D eigenvalue weighted by Gasteiger charge is -2.31. The minimum Gasteiger partial charge on any atom is -0.312 e. The van der Waals surface area contributed by atoms with E-state index in [0.29, 0.717) is 6.04 Å². The van der Waals surface area contributed by atoms with E-state index >= 15 is 0 Å². The fraction of sp³-hybridized carbons (Fsp3) is 0.583. The van der Waals surface area contributed by atoms with Crippen LogP contribution in [0.4, 0.5) is 0 Å². The minimum atomic E-state index is 0. The van der Waals surface area contributed by atoms with Gasteiger partial charge >= 0.3 is 0 Å². The van der Waals surface area contributed by atoms with Crippen molar-refractivity contribution >= 4 is 12.4 Å². The molecule has 4 heteroatoms. The number of halogens is 1. The third kappa shape index (κ3) is 4.08. The second-order valence-electron chi connectivity index (χ2n) is 4.27. The molecule has 0 saturated carbocycles. The molecule has 2 rings (SSSR count). The zero-order valence-electron chi connectivity index (χ0n) is 9.72. The normalized spacial score (nSPS) is 21.4. The highest BCUT2D eigenvalue weighted by molar-refractivity contribution is 5.85. The summed E-state index contributed by atoms with van der Waals surface area (Å²) in [6, 6.07) is 4.79. The van der Waals surface area contributed by atoms with Gasteiger partial charge in [0.1, 0.15) is 0 Å². The van der Waals surface area contributed by atoms with Gasteiger partial charge in [0.25, 0.3) is 0 Å². The molecule has 0 unspecified atom stereocenters. The topological polar surface area (TPSA) is 28.2 Å². The standard InChI is InChI=1S/C12H19N3.ClH/c1-11-10-15(8-6-14-11)7-4-12-3-2-5-13-9-12;/h2-3,5,9,11,14H,4,6-8,10H2,1H3;1H/t11-;/m0./s1. The number of aromatic nitrogens is 1. The van der Waals surface area contributed by atoms with Crippen molar-refractivity contribution in [2.75, 3.05) is 26.2 Å². The molecule has 0 radical (unpaired) electrons. The van der Waals surface area contributed by atoms with Gasteiger partial charge in [0, 0.05) is 44.6 Å². The monoisotopic (exact) mass is 241 g/mol. The molecule has 1 aromatic rings. The fourth-order valence-corrected chi connectivity index (χ4v) is 2.05. The predicted octanol–water partition coefficient (Wildman–Crippen LogP) is 1.34. The molecule has 1 aliphatic rings. The van der Waals surface area contributed by atoms with Gasteiger partial charge in [-0.15, -0.1) is 12.4 Å². The average Bonchev–Trinajstić information content (AvgIpc) is 2.28. The first-order valence-corrected chi connectivity index (χ1v) is 5.69. The van der Waals surface area contributed by atoms with Crippen LogP contribution in [0.25, 0.3) is 0 Å². The van der Waals surface area contributed by atoms with Crippen LogP contribution in [0, 0.1) is 0 Å². The molecule has 16 heavy (non-hydrogen) atoms. The number of pyridine rings is 1. The van der Waals surface area contributed by atoms with Crippen LogP contribution in [0.15, 0.2) is 24.5 Å². The molecule has 0 aromatic carbocycles. The van der Waals surface area contributed by atoms with Crippen LogP contribution in [0.1, 0.15) is 12.5 Å². The predicted molar refractivity (Wildman–Crippen MR) is 69.1 cm³/mol. The molecule has 0 bridgehead atoms. The van der Waals surface area contributed by atoms with Gasteiger partial charge in [0.2, 0.25) is 0 Å². The molecule has 90 valence electrons. The summed E-state index contributed by atoms with van der Waals surface area (Å²) in [6.45, 7) is 6.85. The first kappa shape index (κ1) is 13.4. The van der Waals surface area contributed by atoms with Crippen LogP contribution in [-0.4, -0.2) is 42.1 Å². The molecule has 0 spiro atoms. The summed E-state index contributed by atoms with van der Waals surface area (Å²) in [7, 11) is 0. The third-order valence-electron chi connectivity index (χ3n) is 2.89. The Morgan fingerprint density at radius 2 is 2.44 bits per heavy atom. The van der Waals surface area contributed by atoms with Gasteiger partial charge in [0.15, 0.2) is 0 Å². The Morgan fingerprint density at radius 3 is 3.12 bits per heavy atom. The number of nitrogens with one attached hydrogen (secondary N) is 1. The lowest BCUT2D eigenvalue weighted by atomic mass is 10.2. The summed E-state index contributed by atoms with van der Waals surface area (Å²) in [5, 5.41) is 3.46. The van der Waals surface area contributed by atoms with Gasteiger partial charge in [0.05, 0.1) is 0 Å². The van der Waals surface area contributed by atoms with E-state index in [1.54, 1.807) is 0 Å². The molecule has 0 aliphatic carbocycles. The molecule has 0 amide bonds. The third-order valence-corrected chi connectivity index (χ3v) is 2.89. The van der Waals surface area contributed by atoms with Crippen LogP contribution < -0.4 is 5.32 Å². The van der Waals surface area contributed by atoms with Gasteiger partial charge < -0.3 is 10.2 Å². The maximum absolute atomic E-state index is 4.13. The average molecular weight is 242 g/mol. The van der Waals surface area contributed by atoms with E-state index in [-0.39, 0.29) is 12.4 Å². The zero-order valence-corrected chi connectivity index (χ0v) is 10.5. The summed E-state index contributed by atoms with van der Waals surface area (Å²) in [4.78, 5) is 6.65. The number of nitrogens with zero attached hydrogens (tertiary/aromatic N) is 2. The Hall–Kier alpha value is -0.640. The van der Waals surface area contributed by atoms with Crippen molar-refractivity contribution in [3.8, 4) is 0 Å². The van der Waals surface area contributed by atoms with E-state index in [1.807, 2.05) is 18.5 Å². The second kappa shape index (κ2) is 6.84. The summed E-state index contributed by atoms with van der Waals surface area (Å²) in [6.07, 6.45) is 4.91. The Kier molecular flexibility index (Phi) is 5.74. The quantitative estimate of drug-likeness (QED) is 0.866. The molecule has 1 saturated heterocycles. The van der Waals surface area contributed by atoms with E-state index in [1.165, 1.54) is 18.7 Å². The SMILES string of the molecule is C[C@H]1CN(CCc2cccnc2)CCN1.Cl. The van der Waals surface area contributed by atoms with Gasteiger partial charge in [-0.2, -0.15) is 0 Å². The van der Waals surface area contributed by atoms with Crippen molar-refractivity contribution in [3.05, 3.63) is 30.1 Å². The number of rotatable bonds is 3. The molecule has 1 atom stereocenters. The highest BCUT2D eigenvalue weighted by Gasteiger charge is 2.14. The highest BCUT2D eigenvalue weighted by atomic mass is 35.5. The van der Waals surface area contributed by atoms with Gasteiger partial charge in [-0.1, -0.05) is 6.07 Å². The van der Waals surface area contributed by atoms with Crippen molar-refractivity contribution < 1.29 is 0 Å². The summed E-state index contributed by atoms with van der Waals surface area (Å²) in [5.74, 6) is 0. The molecule has 1 aromatic heterocycles. The Bertz CT molecular complexity index is 292. The Labute approximate surface area is 104 Å². The first-order valence-electron chi connectivity index (χ1n) is 5.69. The van der Waals surface area contributed by atoms with E-state index in [4.69, 9.17) is 0 Å². The number of hydrogen-bond acceptors (Lipinski definition) is 3. The lowest BCUT2D eigenvalue weighted by molar-refractivity contribution is 0.209. The van der Waals surface area contributed by atoms with Crippen LogP contribution >= 0.6 is 12.4 Å². The van der Waals surface area contributed by atoms with Crippen molar-refractivity contribution in [1.29, 1.82) is 0 Å². The fourth-order valence-electron chi connectivity index (χ4n) is 2.05. The largest absolute Gasteiger partial charge is 0.312 e. The van der Waals surface area contributed by atoms with E-state index in [9.17, 15) is 0 Å². The highest BCUT2D eigenvalue weighted by Crippen LogP contribution is 2.02. The molecular formula is C12H20ClN3. The van der Waals surface area contributed by atoms with Crippen molar-refractivity contribution in [1.82, 2.24) is 15.2 Å². The van der Waals surface area contributed by atoms with Crippen LogP contribution in [0.3, 0.4) is 0 Å². The molecule has 1 fully saturated rings. The summed E-state index contributed by atoms with van der Waals surface area (Å²) in [5.41, 5.74) is 1.34. The summed E-state index contributed by atoms with van der Waals surface area (Å²) < 4.78 is 0. The van der Waals surface area contributed by atoms with E-state index < -0.39 is 0 Å². The molecular weight excluding hydrogens is 222 g/mol. The Balaban J connectivity index is 0.00000128. The van der Waals surface area contributed by atoms with Crippen LogP contribution in [0.2, 0.25) is 0 Å². The van der Waals surface area contributed by atoms with E-state index in [0.717, 1.165) is 19.5 Å². The molecule has 3 nitrogen and oxygen atoms in total. The zero-order chi connectivity index (χ0) is 10.5. The van der Waals surface area contributed by atoms with Gasteiger partial charge in [-0.25, -0.2) is 0 Å². The van der Waals surface area contributed by atoms with Crippen molar-refractivity contribution in [2.24, 2.45) is 0 Å². The molecule has 1 aliphatic heterocycles. The lowest BCUT2D eigenvalue weighted by Crippen LogP contribution is -2.49. The number of hydrogen-bond donors (Lipinski definition) is 1. The van der Waals surface area contributed by atoms with E-state index in [2.05, 4.69) is 28.2 Å². The van der Waals surface area contributed by atoms with Crippen molar-refractivity contribution in [3.63, 3.8) is 0 Å². The smallest absolute Gasteiger partial charge is 0.0300 e.